The fraction of sp³-hybridized carbons (Fsp3) is 0.667. The van der Waals surface area contributed by atoms with Gasteiger partial charge in [0.05, 0.1) is 0 Å². The molecule has 0 aliphatic rings. The molecule has 0 aromatic carbocycles. The molecule has 0 aromatic heterocycles. The zero-order chi connectivity index (χ0) is 11.7. The van der Waals surface area contributed by atoms with Crippen LogP contribution in [0.5, 0.6) is 0 Å². The van der Waals surface area contributed by atoms with E-state index < -0.39 is 17.9 Å². The van der Waals surface area contributed by atoms with Gasteiger partial charge in [-0.2, -0.15) is 5.53 Å². The summed E-state index contributed by atoms with van der Waals surface area (Å²) in [4.78, 5) is 40.8. The van der Waals surface area contributed by atoms with Gasteiger partial charge in [0.1, 0.15) is 6.04 Å². The van der Waals surface area contributed by atoms with Gasteiger partial charge in [-0.1, -0.05) is 5.22 Å². The van der Waals surface area contributed by atoms with Crippen LogP contribution in [-0.4, -0.2) is 17.9 Å². The first kappa shape index (κ1) is 12.9. The average Bonchev–Trinajstić information content (AvgIpc) is 2.26. The Balaban J connectivity index is 4.00. The Morgan fingerprint density at radius 2 is 1.93 bits per heavy atom. The predicted octanol–water partition coefficient (Wildman–Crippen LogP) is 0.647. The Morgan fingerprint density at radius 3 is 2.40 bits per heavy atom. The van der Waals surface area contributed by atoms with Crippen molar-refractivity contribution in [3.8, 4) is 0 Å². The summed E-state index contributed by atoms with van der Waals surface area (Å²) >= 11 is 0. The fourth-order valence-corrected chi connectivity index (χ4v) is 0.888. The van der Waals surface area contributed by atoms with Gasteiger partial charge in [0.15, 0.2) is 0 Å². The molecule has 0 rings (SSSR count). The van der Waals surface area contributed by atoms with E-state index in [1.807, 2.05) is 0 Å². The average molecular weight is 215 g/mol. The smallest absolute Gasteiger partial charge is 0.279 e. The van der Waals surface area contributed by atoms with E-state index in [2.05, 4.69) is 21.0 Å². The zero-order valence-corrected chi connectivity index (χ0v) is 7.67. The lowest BCUT2D eigenvalue weighted by atomic mass is 10.1. The maximum absolute atomic E-state index is 10.8. The van der Waals surface area contributed by atoms with Gasteiger partial charge in [0.2, 0.25) is 0 Å². The van der Waals surface area contributed by atoms with E-state index in [4.69, 9.17) is 5.53 Å². The standard InChI is InChI=1S/C6H9N5O4/c7-11-8-4(6(13)10-15)2-1-3-5(12)9-14/h4H,1-3H2,(H2,7,8). The molecule has 9 nitrogen and oxygen atoms in total. The summed E-state index contributed by atoms with van der Waals surface area (Å²) in [7, 11) is 0. The normalized spacial score (nSPS) is 11.2. The molecule has 15 heavy (non-hydrogen) atoms. The third kappa shape index (κ3) is 5.29. The Hall–Kier alpha value is -2.06. The van der Waals surface area contributed by atoms with Crippen LogP contribution in [0.1, 0.15) is 19.3 Å². The van der Waals surface area contributed by atoms with Crippen LogP contribution in [0.3, 0.4) is 0 Å². The van der Waals surface area contributed by atoms with Crippen LogP contribution in [0.4, 0.5) is 0 Å². The molecule has 0 spiro atoms. The maximum atomic E-state index is 10.8. The molecule has 0 heterocycles. The molecule has 0 aliphatic carbocycles. The molecule has 0 radical (unpaired) electrons. The van der Waals surface area contributed by atoms with Crippen molar-refractivity contribution in [1.82, 2.24) is 5.43 Å². The number of nitrogens with one attached hydrogen (secondary N) is 2. The lowest BCUT2D eigenvalue weighted by molar-refractivity contribution is -0.121. The van der Waals surface area contributed by atoms with Crippen LogP contribution < -0.4 is 5.43 Å². The van der Waals surface area contributed by atoms with Crippen molar-refractivity contribution in [3.05, 3.63) is 9.81 Å². The molecule has 0 fully saturated rings. The number of nitroso groups, excluding NO2 is 2. The first-order valence-corrected chi connectivity index (χ1v) is 4.01. The third-order valence-electron chi connectivity index (χ3n) is 1.59. The quantitative estimate of drug-likeness (QED) is 0.364. The number of amides is 2. The molecule has 0 saturated heterocycles. The van der Waals surface area contributed by atoms with E-state index in [9.17, 15) is 19.4 Å². The minimum Gasteiger partial charge on any atom is -0.279 e. The second kappa shape index (κ2) is 7.35. The largest absolute Gasteiger partial charge is 0.310 e. The zero-order valence-electron chi connectivity index (χ0n) is 7.67. The first-order valence-electron chi connectivity index (χ1n) is 4.01. The number of hydrogen-bond acceptors (Lipinski definition) is 6. The minimum absolute atomic E-state index is 0.0776. The van der Waals surface area contributed by atoms with Crippen molar-refractivity contribution in [3.63, 3.8) is 0 Å². The lowest BCUT2D eigenvalue weighted by Crippen LogP contribution is -2.31. The number of rotatable bonds is 7. The fourth-order valence-electron chi connectivity index (χ4n) is 0.888. The van der Waals surface area contributed by atoms with Crippen molar-refractivity contribution in [2.45, 2.75) is 25.3 Å². The predicted molar refractivity (Wildman–Crippen MR) is 47.5 cm³/mol. The van der Waals surface area contributed by atoms with Crippen molar-refractivity contribution >= 4 is 11.8 Å². The molecule has 0 bridgehead atoms. The highest BCUT2D eigenvalue weighted by molar-refractivity contribution is 5.82. The Morgan fingerprint density at radius 1 is 1.27 bits per heavy atom. The van der Waals surface area contributed by atoms with Gasteiger partial charge in [-0.05, 0) is 12.8 Å². The Kier molecular flexibility index (Phi) is 6.34. The van der Waals surface area contributed by atoms with Crippen molar-refractivity contribution in [1.29, 1.82) is 5.53 Å². The number of carbonyl (C=O) groups is 2. The Labute approximate surface area is 84.0 Å². The van der Waals surface area contributed by atoms with Gasteiger partial charge in [-0.3, -0.25) is 15.0 Å². The molecule has 0 aromatic rings. The Bertz CT molecular complexity index is 279. The summed E-state index contributed by atoms with van der Waals surface area (Å²) in [6, 6.07) is -1.03. The summed E-state index contributed by atoms with van der Waals surface area (Å²) in [5.41, 5.74) is 8.49. The highest BCUT2D eigenvalue weighted by atomic mass is 16.3. The van der Waals surface area contributed by atoms with Crippen molar-refractivity contribution in [2.24, 2.45) is 15.6 Å². The lowest BCUT2D eigenvalue weighted by Gasteiger charge is -2.08. The van der Waals surface area contributed by atoms with Crippen LogP contribution >= 0.6 is 0 Å². The monoisotopic (exact) mass is 215 g/mol. The molecule has 0 saturated carbocycles. The third-order valence-corrected chi connectivity index (χ3v) is 1.59. The van der Waals surface area contributed by atoms with Gasteiger partial charge in [0, 0.05) is 16.8 Å². The molecule has 82 valence electrons. The van der Waals surface area contributed by atoms with Crippen LogP contribution in [-0.2, 0) is 9.59 Å². The molecule has 1 atom stereocenters. The molecular formula is C6H9N5O4. The maximum Gasteiger partial charge on any atom is 0.310 e. The molecule has 9 heteroatoms. The summed E-state index contributed by atoms with van der Waals surface area (Å²) in [6.07, 6.45) is 0.138. The topological polar surface area (TPSA) is 141 Å². The van der Waals surface area contributed by atoms with E-state index in [1.54, 1.807) is 0 Å². The van der Waals surface area contributed by atoms with Gasteiger partial charge >= 0.3 is 5.91 Å². The number of hydrogen-bond donors (Lipinski definition) is 2. The number of nitrogens with zero attached hydrogens (tertiary/aromatic N) is 3. The summed E-state index contributed by atoms with van der Waals surface area (Å²) < 4.78 is 0. The van der Waals surface area contributed by atoms with Gasteiger partial charge in [0.25, 0.3) is 5.91 Å². The number of carbonyl (C=O) groups excluding carboxylic acids is 2. The van der Waals surface area contributed by atoms with Crippen molar-refractivity contribution in [2.75, 3.05) is 0 Å². The molecule has 0 aliphatic heterocycles. The summed E-state index contributed by atoms with van der Waals surface area (Å²) in [5, 5.41) is 7.05. The van der Waals surface area contributed by atoms with E-state index in [0.29, 0.717) is 0 Å². The van der Waals surface area contributed by atoms with E-state index in [0.717, 1.165) is 0 Å². The van der Waals surface area contributed by atoms with Gasteiger partial charge in [-0.25, -0.2) is 0 Å². The van der Waals surface area contributed by atoms with E-state index >= 15 is 0 Å². The highest BCUT2D eigenvalue weighted by Crippen LogP contribution is 2.04. The first-order chi connectivity index (χ1) is 7.15. The summed E-state index contributed by atoms with van der Waals surface area (Å²) in [6.45, 7) is 0. The molecular weight excluding hydrogens is 206 g/mol. The molecule has 2 N–H and O–H groups in total. The SMILES string of the molecule is N=NNC(CCCC(=O)N=O)C(=O)N=O. The summed E-state index contributed by atoms with van der Waals surface area (Å²) in [5.74, 6) is -1.83. The highest BCUT2D eigenvalue weighted by Gasteiger charge is 2.18. The second-order valence-electron chi connectivity index (χ2n) is 2.60. The van der Waals surface area contributed by atoms with Gasteiger partial charge in [-0.15, -0.1) is 9.81 Å². The molecule has 1 unspecified atom stereocenters. The van der Waals surface area contributed by atoms with Crippen LogP contribution in [0.15, 0.2) is 15.6 Å². The van der Waals surface area contributed by atoms with E-state index in [1.165, 1.54) is 0 Å². The van der Waals surface area contributed by atoms with Crippen LogP contribution in [0.25, 0.3) is 0 Å². The van der Waals surface area contributed by atoms with Crippen molar-refractivity contribution < 1.29 is 9.59 Å². The second-order valence-corrected chi connectivity index (χ2v) is 2.60. The van der Waals surface area contributed by atoms with Gasteiger partial charge < -0.3 is 0 Å². The van der Waals surface area contributed by atoms with Crippen LogP contribution in [0.2, 0.25) is 0 Å². The van der Waals surface area contributed by atoms with E-state index in [-0.39, 0.29) is 19.3 Å². The molecule has 2 amide bonds. The minimum atomic E-state index is -1.03. The van der Waals surface area contributed by atoms with Crippen LogP contribution in [0, 0.1) is 15.3 Å².